The van der Waals surface area contributed by atoms with Crippen LogP contribution in [0.25, 0.3) is 0 Å². The first kappa shape index (κ1) is 16.6. The largest absolute Gasteiger partial charge is 0.364 e. The molecule has 0 saturated carbocycles. The Balaban J connectivity index is 1.63. The van der Waals surface area contributed by atoms with Gasteiger partial charge in [-0.1, -0.05) is 11.3 Å². The fourth-order valence-electron chi connectivity index (χ4n) is 3.89. The molecule has 2 N–H and O–H groups in total. The number of hydrogen-bond donors (Lipinski definition) is 1. The average molecular weight is 332 g/mol. The standard InChI is InChI=1S/C16H24N6O2/c1-3-5-20(2)16(24)13-9-21-6-4-11(13)7-12(21)8-22-10-14(15(17)23)18-19-22/h3,10-13H,1,4-9H2,2H3,(H2,17,23)/t11-,12+,13-/m0/s1. The van der Waals surface area contributed by atoms with Gasteiger partial charge in [-0.3, -0.25) is 19.2 Å². The van der Waals surface area contributed by atoms with Crippen LogP contribution in [-0.2, 0) is 11.3 Å². The van der Waals surface area contributed by atoms with Crippen molar-refractivity contribution in [3.05, 3.63) is 24.5 Å². The molecule has 4 atom stereocenters. The summed E-state index contributed by atoms with van der Waals surface area (Å²) in [6.45, 7) is 6.73. The maximum atomic E-state index is 12.6. The highest BCUT2D eigenvalue weighted by molar-refractivity contribution is 5.90. The minimum absolute atomic E-state index is 0.0666. The molecule has 130 valence electrons. The molecule has 0 aliphatic carbocycles. The Bertz CT molecular complexity index is 642. The number of aromatic nitrogens is 3. The maximum absolute atomic E-state index is 12.6. The van der Waals surface area contributed by atoms with Crippen LogP contribution in [0, 0.1) is 11.8 Å². The fraction of sp³-hybridized carbons (Fsp3) is 0.625. The van der Waals surface area contributed by atoms with Gasteiger partial charge >= 0.3 is 0 Å². The van der Waals surface area contributed by atoms with Crippen molar-refractivity contribution in [2.75, 3.05) is 26.7 Å². The van der Waals surface area contributed by atoms with Crippen LogP contribution in [0.2, 0.25) is 0 Å². The molecule has 24 heavy (non-hydrogen) atoms. The zero-order valence-corrected chi connectivity index (χ0v) is 14.0. The minimum atomic E-state index is -0.567. The van der Waals surface area contributed by atoms with Gasteiger partial charge in [-0.25, -0.2) is 0 Å². The summed E-state index contributed by atoms with van der Waals surface area (Å²) < 4.78 is 1.67. The highest BCUT2D eigenvalue weighted by Crippen LogP contribution is 2.37. The number of carbonyl (C=O) groups is 2. The van der Waals surface area contributed by atoms with Crippen molar-refractivity contribution in [3.8, 4) is 0 Å². The molecule has 8 nitrogen and oxygen atoms in total. The van der Waals surface area contributed by atoms with Crippen molar-refractivity contribution >= 4 is 11.8 Å². The highest BCUT2D eigenvalue weighted by Gasteiger charge is 2.44. The molecule has 3 aliphatic rings. The van der Waals surface area contributed by atoms with Crippen LogP contribution >= 0.6 is 0 Å². The van der Waals surface area contributed by atoms with Crippen molar-refractivity contribution in [3.63, 3.8) is 0 Å². The summed E-state index contributed by atoms with van der Waals surface area (Å²) in [7, 11) is 1.83. The van der Waals surface area contributed by atoms with E-state index in [-0.39, 0.29) is 17.5 Å². The van der Waals surface area contributed by atoms with E-state index in [0.717, 1.165) is 25.9 Å². The van der Waals surface area contributed by atoms with Gasteiger partial charge in [-0.2, -0.15) is 0 Å². The van der Waals surface area contributed by atoms with E-state index in [0.29, 0.717) is 25.0 Å². The molecule has 1 aromatic rings. The van der Waals surface area contributed by atoms with Gasteiger partial charge in [0, 0.05) is 26.2 Å². The third kappa shape index (κ3) is 3.19. The quantitative estimate of drug-likeness (QED) is 0.723. The molecular formula is C16H24N6O2. The minimum Gasteiger partial charge on any atom is -0.364 e. The molecule has 2 bridgehead atoms. The molecule has 0 spiro atoms. The van der Waals surface area contributed by atoms with Gasteiger partial charge in [0.2, 0.25) is 5.91 Å². The molecule has 3 aliphatic heterocycles. The van der Waals surface area contributed by atoms with Gasteiger partial charge in [-0.05, 0) is 25.3 Å². The molecule has 1 unspecified atom stereocenters. The molecule has 0 aromatic carbocycles. The smallest absolute Gasteiger partial charge is 0.270 e. The van der Waals surface area contributed by atoms with Crippen LogP contribution in [0.5, 0.6) is 0 Å². The van der Waals surface area contributed by atoms with Gasteiger partial charge in [0.25, 0.3) is 5.91 Å². The summed E-state index contributed by atoms with van der Waals surface area (Å²) in [6, 6.07) is 0.319. The third-order valence-corrected chi connectivity index (χ3v) is 5.16. The Morgan fingerprint density at radius 1 is 1.54 bits per heavy atom. The van der Waals surface area contributed by atoms with Gasteiger partial charge in [0.15, 0.2) is 5.69 Å². The SMILES string of the molecule is C=CCN(C)C(=O)[C@H]1CN2CC[C@H]1C[C@@H]2Cn1cc(C(N)=O)nn1. The molecule has 0 radical (unpaired) electrons. The van der Waals surface area contributed by atoms with Crippen molar-refractivity contribution in [1.29, 1.82) is 0 Å². The number of hydrogen-bond acceptors (Lipinski definition) is 5. The number of rotatable bonds is 6. The Kier molecular flexibility index (Phi) is 4.66. The summed E-state index contributed by atoms with van der Waals surface area (Å²) in [5, 5.41) is 7.75. The second kappa shape index (κ2) is 6.72. The summed E-state index contributed by atoms with van der Waals surface area (Å²) in [5.74, 6) is 0.109. The predicted molar refractivity (Wildman–Crippen MR) is 87.9 cm³/mol. The zero-order chi connectivity index (χ0) is 17.3. The van der Waals surface area contributed by atoms with E-state index >= 15 is 0 Å². The molecule has 4 heterocycles. The van der Waals surface area contributed by atoms with Gasteiger partial charge in [0.1, 0.15) is 0 Å². The molecule has 3 fully saturated rings. The molecule has 1 aromatic heterocycles. The lowest BCUT2D eigenvalue weighted by atomic mass is 9.75. The molecule has 4 rings (SSSR count). The van der Waals surface area contributed by atoms with Crippen LogP contribution in [-0.4, -0.2) is 69.3 Å². The van der Waals surface area contributed by atoms with E-state index in [4.69, 9.17) is 5.73 Å². The lowest BCUT2D eigenvalue weighted by Crippen LogP contribution is -2.58. The van der Waals surface area contributed by atoms with Crippen LogP contribution in [0.15, 0.2) is 18.9 Å². The van der Waals surface area contributed by atoms with Crippen LogP contribution < -0.4 is 5.73 Å². The number of primary amides is 1. The van der Waals surface area contributed by atoms with Gasteiger partial charge in [-0.15, -0.1) is 11.7 Å². The summed E-state index contributed by atoms with van der Waals surface area (Å²) in [4.78, 5) is 27.8. The van der Waals surface area contributed by atoms with Gasteiger partial charge in [0.05, 0.1) is 18.7 Å². The molecule has 8 heteroatoms. The van der Waals surface area contributed by atoms with E-state index in [1.807, 2.05) is 7.05 Å². The lowest BCUT2D eigenvalue weighted by molar-refractivity contribution is -0.142. The number of carbonyl (C=O) groups excluding carboxylic acids is 2. The first-order valence-corrected chi connectivity index (χ1v) is 8.29. The molecule has 2 amide bonds. The molecular weight excluding hydrogens is 308 g/mol. The van der Waals surface area contributed by atoms with Crippen molar-refractivity contribution in [1.82, 2.24) is 24.8 Å². The number of nitrogens with zero attached hydrogens (tertiary/aromatic N) is 5. The number of likely N-dealkylation sites (N-methyl/N-ethyl adjacent to an activating group) is 1. The van der Waals surface area contributed by atoms with E-state index in [1.165, 1.54) is 0 Å². The van der Waals surface area contributed by atoms with Crippen LogP contribution in [0.1, 0.15) is 23.3 Å². The molecule has 3 saturated heterocycles. The second-order valence-corrected chi connectivity index (χ2v) is 6.74. The first-order valence-electron chi connectivity index (χ1n) is 8.29. The van der Waals surface area contributed by atoms with E-state index in [2.05, 4.69) is 21.8 Å². The van der Waals surface area contributed by atoms with E-state index in [1.54, 1.807) is 21.9 Å². The van der Waals surface area contributed by atoms with Crippen molar-refractivity contribution < 1.29 is 9.59 Å². The topological polar surface area (TPSA) is 97.3 Å². The summed E-state index contributed by atoms with van der Waals surface area (Å²) in [6.07, 6.45) is 5.36. The fourth-order valence-corrected chi connectivity index (χ4v) is 3.89. The number of piperidine rings is 3. The van der Waals surface area contributed by atoms with Crippen molar-refractivity contribution in [2.45, 2.75) is 25.4 Å². The summed E-state index contributed by atoms with van der Waals surface area (Å²) in [5.41, 5.74) is 5.40. The Hall–Kier alpha value is -2.22. The van der Waals surface area contributed by atoms with Crippen LogP contribution in [0.4, 0.5) is 0 Å². The predicted octanol–water partition coefficient (Wildman–Crippen LogP) is -0.268. The second-order valence-electron chi connectivity index (χ2n) is 6.74. The zero-order valence-electron chi connectivity index (χ0n) is 14.0. The maximum Gasteiger partial charge on any atom is 0.270 e. The van der Waals surface area contributed by atoms with Gasteiger partial charge < -0.3 is 10.6 Å². The normalized spacial score (nSPS) is 28.5. The summed E-state index contributed by atoms with van der Waals surface area (Å²) >= 11 is 0. The van der Waals surface area contributed by atoms with E-state index < -0.39 is 5.91 Å². The average Bonchev–Trinajstić information content (AvgIpc) is 3.04. The Labute approximate surface area is 141 Å². The third-order valence-electron chi connectivity index (χ3n) is 5.16. The Morgan fingerprint density at radius 3 is 2.92 bits per heavy atom. The highest BCUT2D eigenvalue weighted by atomic mass is 16.2. The lowest BCUT2D eigenvalue weighted by Gasteiger charge is -2.49. The first-order chi connectivity index (χ1) is 11.5. The number of fused-ring (bicyclic) bond motifs is 3. The Morgan fingerprint density at radius 2 is 2.33 bits per heavy atom. The van der Waals surface area contributed by atoms with Crippen LogP contribution in [0.3, 0.4) is 0 Å². The number of nitrogens with two attached hydrogens (primary N) is 1. The van der Waals surface area contributed by atoms with Crippen molar-refractivity contribution in [2.24, 2.45) is 17.6 Å². The monoisotopic (exact) mass is 332 g/mol. The van der Waals surface area contributed by atoms with E-state index in [9.17, 15) is 9.59 Å². The number of amides is 2.